The second-order valence-electron chi connectivity index (χ2n) is 4.88. The van der Waals surface area contributed by atoms with E-state index in [0.29, 0.717) is 17.5 Å². The van der Waals surface area contributed by atoms with Gasteiger partial charge in [-0.05, 0) is 30.5 Å². The molecule has 0 amide bonds. The largest absolute Gasteiger partial charge is 0.321 e. The van der Waals surface area contributed by atoms with Crippen LogP contribution in [0.1, 0.15) is 24.5 Å². The van der Waals surface area contributed by atoms with Crippen LogP contribution in [0.5, 0.6) is 0 Å². The van der Waals surface area contributed by atoms with Gasteiger partial charge in [-0.25, -0.2) is 8.78 Å². The van der Waals surface area contributed by atoms with Gasteiger partial charge in [0.25, 0.3) is 0 Å². The van der Waals surface area contributed by atoms with Crippen LogP contribution in [-0.4, -0.2) is 0 Å². The Morgan fingerprint density at radius 3 is 2.45 bits per heavy atom. The molecule has 0 saturated heterocycles. The number of rotatable bonds is 4. The molecule has 4 heteroatoms. The van der Waals surface area contributed by atoms with Gasteiger partial charge in [-0.15, -0.1) is 0 Å². The lowest BCUT2D eigenvalue weighted by Gasteiger charge is -2.29. The van der Waals surface area contributed by atoms with Crippen molar-refractivity contribution < 1.29 is 8.78 Å². The fraction of sp³-hybridized carbons (Fsp3) is 0.250. The topological polar surface area (TPSA) is 26.0 Å². The van der Waals surface area contributed by atoms with E-state index in [9.17, 15) is 8.78 Å². The molecule has 0 aromatic heterocycles. The van der Waals surface area contributed by atoms with E-state index in [1.807, 2.05) is 6.92 Å². The fourth-order valence-electron chi connectivity index (χ4n) is 2.30. The molecule has 1 atom stereocenters. The average Bonchev–Trinajstić information content (AvgIpc) is 2.44. The molecule has 0 fully saturated rings. The second kappa shape index (κ2) is 5.90. The molecule has 0 aliphatic carbocycles. The fourth-order valence-corrected chi connectivity index (χ4v) is 2.49. The van der Waals surface area contributed by atoms with E-state index in [1.165, 1.54) is 12.1 Å². The van der Waals surface area contributed by atoms with Crippen LogP contribution in [0.2, 0.25) is 5.02 Å². The third-order valence-corrected chi connectivity index (χ3v) is 3.87. The first kappa shape index (κ1) is 14.9. The molecule has 0 radical (unpaired) electrons. The van der Waals surface area contributed by atoms with E-state index in [0.717, 1.165) is 0 Å². The first-order chi connectivity index (χ1) is 9.48. The summed E-state index contributed by atoms with van der Waals surface area (Å²) in [6.07, 6.45) is 0.677. The van der Waals surface area contributed by atoms with Crippen molar-refractivity contribution in [3.8, 4) is 0 Å². The molecule has 2 N–H and O–H groups in total. The van der Waals surface area contributed by atoms with Crippen LogP contribution in [0, 0.1) is 11.6 Å². The Labute approximate surface area is 122 Å². The number of benzene rings is 2. The van der Waals surface area contributed by atoms with Crippen LogP contribution in [0.15, 0.2) is 42.5 Å². The molecule has 20 heavy (non-hydrogen) atoms. The molecule has 1 nitrogen and oxygen atoms in total. The van der Waals surface area contributed by atoms with Gasteiger partial charge < -0.3 is 5.73 Å². The minimum absolute atomic E-state index is 0.0505. The third-order valence-electron chi connectivity index (χ3n) is 3.58. The normalized spacial score (nSPS) is 14.1. The summed E-state index contributed by atoms with van der Waals surface area (Å²) in [5.41, 5.74) is 6.14. The van der Waals surface area contributed by atoms with E-state index >= 15 is 0 Å². The molecule has 0 spiro atoms. The van der Waals surface area contributed by atoms with Gasteiger partial charge >= 0.3 is 0 Å². The third kappa shape index (κ3) is 2.84. The molecule has 0 saturated carbocycles. The van der Waals surface area contributed by atoms with Gasteiger partial charge in [0.05, 0.1) is 5.02 Å². The minimum Gasteiger partial charge on any atom is -0.321 e. The van der Waals surface area contributed by atoms with Crippen molar-refractivity contribution in [3.63, 3.8) is 0 Å². The van der Waals surface area contributed by atoms with Gasteiger partial charge in [0, 0.05) is 11.1 Å². The summed E-state index contributed by atoms with van der Waals surface area (Å²) in [4.78, 5) is 0. The van der Waals surface area contributed by atoms with Gasteiger partial charge in [-0.2, -0.15) is 0 Å². The van der Waals surface area contributed by atoms with Crippen molar-refractivity contribution in [2.75, 3.05) is 0 Å². The Bertz CT molecular complexity index is 615. The van der Waals surface area contributed by atoms with Crippen LogP contribution >= 0.6 is 11.6 Å². The zero-order chi connectivity index (χ0) is 14.8. The van der Waals surface area contributed by atoms with E-state index in [-0.39, 0.29) is 17.3 Å². The predicted octanol–water partition coefficient (Wildman–Crippen LogP) is 4.42. The molecular formula is C16H16ClF2N. The number of hydrogen-bond acceptors (Lipinski definition) is 1. The van der Waals surface area contributed by atoms with Gasteiger partial charge in [0.1, 0.15) is 11.6 Å². The van der Waals surface area contributed by atoms with Crippen LogP contribution in [-0.2, 0) is 12.0 Å². The van der Waals surface area contributed by atoms with Crippen molar-refractivity contribution in [2.45, 2.75) is 25.3 Å². The summed E-state index contributed by atoms with van der Waals surface area (Å²) < 4.78 is 28.0. The van der Waals surface area contributed by atoms with Crippen LogP contribution in [0.3, 0.4) is 0 Å². The molecule has 2 aromatic carbocycles. The first-order valence-electron chi connectivity index (χ1n) is 6.44. The summed E-state index contributed by atoms with van der Waals surface area (Å²) in [5.74, 6) is -0.868. The first-order valence-corrected chi connectivity index (χ1v) is 6.82. The molecule has 0 heterocycles. The second-order valence-corrected chi connectivity index (χ2v) is 5.29. The van der Waals surface area contributed by atoms with Gasteiger partial charge in [0.2, 0.25) is 0 Å². The van der Waals surface area contributed by atoms with E-state index in [4.69, 9.17) is 17.3 Å². The molecule has 2 aromatic rings. The quantitative estimate of drug-likeness (QED) is 0.887. The van der Waals surface area contributed by atoms with Crippen LogP contribution in [0.4, 0.5) is 8.78 Å². The molecule has 1 unspecified atom stereocenters. The maximum absolute atomic E-state index is 14.0. The van der Waals surface area contributed by atoms with E-state index in [1.54, 1.807) is 30.3 Å². The number of nitrogens with two attached hydrogens (primary N) is 1. The average molecular weight is 296 g/mol. The molecule has 106 valence electrons. The highest BCUT2D eigenvalue weighted by Crippen LogP contribution is 2.30. The monoisotopic (exact) mass is 295 g/mol. The zero-order valence-electron chi connectivity index (χ0n) is 11.2. The maximum atomic E-state index is 14.0. The van der Waals surface area contributed by atoms with Crippen molar-refractivity contribution in [1.82, 2.24) is 0 Å². The highest BCUT2D eigenvalue weighted by molar-refractivity contribution is 6.30. The van der Waals surface area contributed by atoms with E-state index in [2.05, 4.69) is 0 Å². The summed E-state index contributed by atoms with van der Waals surface area (Å²) in [7, 11) is 0. The highest BCUT2D eigenvalue weighted by atomic mass is 35.5. The number of halogens is 3. The lowest BCUT2D eigenvalue weighted by molar-refractivity contribution is 0.396. The van der Waals surface area contributed by atoms with Crippen LogP contribution in [0.25, 0.3) is 0 Å². The lowest BCUT2D eigenvalue weighted by atomic mass is 9.82. The smallest absolute Gasteiger partial charge is 0.145 e. The zero-order valence-corrected chi connectivity index (χ0v) is 11.9. The number of hydrogen-bond donors (Lipinski definition) is 1. The highest BCUT2D eigenvalue weighted by Gasteiger charge is 2.29. The Morgan fingerprint density at radius 1 is 1.10 bits per heavy atom. The molecular weight excluding hydrogens is 280 g/mol. The minimum atomic E-state index is -0.961. The van der Waals surface area contributed by atoms with Crippen LogP contribution < -0.4 is 5.73 Å². The van der Waals surface area contributed by atoms with Crippen molar-refractivity contribution in [1.29, 1.82) is 0 Å². The van der Waals surface area contributed by atoms with Crippen molar-refractivity contribution in [2.24, 2.45) is 5.73 Å². The summed E-state index contributed by atoms with van der Waals surface area (Å²) in [6, 6.07) is 11.1. The Kier molecular flexibility index (Phi) is 4.41. The predicted molar refractivity (Wildman–Crippen MR) is 77.7 cm³/mol. The van der Waals surface area contributed by atoms with Gasteiger partial charge in [-0.1, -0.05) is 48.9 Å². The summed E-state index contributed by atoms with van der Waals surface area (Å²) in [5, 5.41) is 0.0505. The molecule has 2 rings (SSSR count). The molecule has 0 bridgehead atoms. The Morgan fingerprint density at radius 2 is 1.80 bits per heavy atom. The van der Waals surface area contributed by atoms with E-state index < -0.39 is 11.4 Å². The molecule has 0 aliphatic heterocycles. The molecule has 0 aliphatic rings. The van der Waals surface area contributed by atoms with Gasteiger partial charge in [0.15, 0.2) is 0 Å². The SMILES string of the molecule is CCC(N)(Cc1cccc(Cl)c1F)c1ccccc1F. The van der Waals surface area contributed by atoms with Crippen molar-refractivity contribution in [3.05, 3.63) is 70.2 Å². The van der Waals surface area contributed by atoms with Crippen molar-refractivity contribution >= 4 is 11.6 Å². The summed E-state index contributed by atoms with van der Waals surface area (Å²) in [6.45, 7) is 1.86. The summed E-state index contributed by atoms with van der Waals surface area (Å²) >= 11 is 5.77. The Balaban J connectivity index is 2.42. The maximum Gasteiger partial charge on any atom is 0.145 e. The Hall–Kier alpha value is -1.45. The standard InChI is InChI=1S/C16H16ClF2N/c1-2-16(20,12-7-3-4-9-14(12)18)10-11-6-5-8-13(17)15(11)19/h3-9H,2,10,20H2,1H3. The van der Waals surface area contributed by atoms with Gasteiger partial charge in [-0.3, -0.25) is 0 Å². The lowest BCUT2D eigenvalue weighted by Crippen LogP contribution is -2.39.